The lowest BCUT2D eigenvalue weighted by Gasteiger charge is -2.27. The van der Waals surface area contributed by atoms with Crippen LogP contribution in [0.4, 0.5) is 0 Å². The highest BCUT2D eigenvalue weighted by Gasteiger charge is 2.25. The lowest BCUT2D eigenvalue weighted by atomic mass is 10.2. The highest BCUT2D eigenvalue weighted by molar-refractivity contribution is 5.77. The van der Waals surface area contributed by atoms with E-state index in [1.807, 2.05) is 14.0 Å². The fraction of sp³-hybridized carbons (Fsp3) is 0.917. The van der Waals surface area contributed by atoms with Gasteiger partial charge in [0.05, 0.1) is 0 Å². The Morgan fingerprint density at radius 1 is 1.50 bits per heavy atom. The summed E-state index contributed by atoms with van der Waals surface area (Å²) in [4.78, 5) is 15.9. The standard InChI is InChI=1S/C12H24N2O2/c1-4-14-8-6-7-11(14)9-13(3)12(15)10-16-5-2/h11H,4-10H2,1-3H3. The van der Waals surface area contributed by atoms with Gasteiger partial charge in [0.1, 0.15) is 6.61 Å². The maximum absolute atomic E-state index is 11.7. The molecule has 1 amide bonds. The second-order valence-electron chi connectivity index (χ2n) is 4.34. The van der Waals surface area contributed by atoms with E-state index >= 15 is 0 Å². The Balaban J connectivity index is 2.32. The highest BCUT2D eigenvalue weighted by atomic mass is 16.5. The second kappa shape index (κ2) is 6.86. The lowest BCUT2D eigenvalue weighted by molar-refractivity contribution is -0.135. The van der Waals surface area contributed by atoms with Crippen LogP contribution in [0.2, 0.25) is 0 Å². The van der Waals surface area contributed by atoms with Crippen LogP contribution in [-0.4, -0.2) is 61.6 Å². The molecule has 0 aromatic heterocycles. The summed E-state index contributed by atoms with van der Waals surface area (Å²) < 4.78 is 5.13. The molecule has 1 rings (SSSR count). The molecule has 1 atom stereocenters. The zero-order chi connectivity index (χ0) is 12.0. The molecule has 16 heavy (non-hydrogen) atoms. The average molecular weight is 228 g/mol. The summed E-state index contributed by atoms with van der Waals surface area (Å²) in [6.07, 6.45) is 2.46. The van der Waals surface area contributed by atoms with Gasteiger partial charge in [0.25, 0.3) is 0 Å². The first-order valence-electron chi connectivity index (χ1n) is 6.24. The summed E-state index contributed by atoms with van der Waals surface area (Å²) in [5.74, 6) is 0.0878. The topological polar surface area (TPSA) is 32.8 Å². The Kier molecular flexibility index (Phi) is 5.77. The average Bonchev–Trinajstić information content (AvgIpc) is 2.72. The van der Waals surface area contributed by atoms with Crippen molar-refractivity contribution in [3.05, 3.63) is 0 Å². The molecular formula is C12H24N2O2. The lowest BCUT2D eigenvalue weighted by Crippen LogP contribution is -2.42. The van der Waals surface area contributed by atoms with E-state index < -0.39 is 0 Å². The predicted octanol–water partition coefficient (Wildman–Crippen LogP) is 0.966. The molecule has 1 aliphatic rings. The smallest absolute Gasteiger partial charge is 0.248 e. The number of carbonyl (C=O) groups excluding carboxylic acids is 1. The molecule has 4 heteroatoms. The van der Waals surface area contributed by atoms with Gasteiger partial charge in [-0.2, -0.15) is 0 Å². The summed E-state index contributed by atoms with van der Waals surface area (Å²) in [5, 5.41) is 0. The van der Waals surface area contributed by atoms with Crippen LogP contribution in [0.25, 0.3) is 0 Å². The third kappa shape index (κ3) is 3.76. The Bertz CT molecular complexity index is 221. The SMILES string of the molecule is CCOCC(=O)N(C)CC1CCCN1CC. The van der Waals surface area contributed by atoms with Gasteiger partial charge in [-0.25, -0.2) is 0 Å². The van der Waals surface area contributed by atoms with E-state index in [2.05, 4.69) is 11.8 Å². The first-order valence-corrected chi connectivity index (χ1v) is 6.24. The number of amides is 1. The van der Waals surface area contributed by atoms with Crippen LogP contribution in [-0.2, 0) is 9.53 Å². The van der Waals surface area contributed by atoms with Gasteiger partial charge >= 0.3 is 0 Å². The molecule has 0 N–H and O–H groups in total. The van der Waals surface area contributed by atoms with Crippen molar-refractivity contribution >= 4 is 5.91 Å². The number of nitrogens with zero attached hydrogens (tertiary/aromatic N) is 2. The first-order chi connectivity index (χ1) is 7.69. The quantitative estimate of drug-likeness (QED) is 0.679. The summed E-state index contributed by atoms with van der Waals surface area (Å²) in [5.41, 5.74) is 0. The van der Waals surface area contributed by atoms with Gasteiger partial charge < -0.3 is 9.64 Å². The molecule has 0 aliphatic carbocycles. The maximum Gasteiger partial charge on any atom is 0.248 e. The summed E-state index contributed by atoms with van der Waals surface area (Å²) >= 11 is 0. The van der Waals surface area contributed by atoms with Crippen molar-refractivity contribution in [2.75, 3.05) is 39.9 Å². The number of likely N-dealkylation sites (N-methyl/N-ethyl adjacent to an activating group) is 2. The second-order valence-corrected chi connectivity index (χ2v) is 4.34. The zero-order valence-corrected chi connectivity index (χ0v) is 10.7. The van der Waals surface area contributed by atoms with Gasteiger partial charge in [-0.3, -0.25) is 9.69 Å². The summed E-state index contributed by atoms with van der Waals surface area (Å²) in [6.45, 7) is 7.99. The third-order valence-corrected chi connectivity index (χ3v) is 3.25. The molecule has 94 valence electrons. The Morgan fingerprint density at radius 3 is 2.88 bits per heavy atom. The van der Waals surface area contributed by atoms with Gasteiger partial charge in [-0.15, -0.1) is 0 Å². The molecule has 1 heterocycles. The Morgan fingerprint density at radius 2 is 2.25 bits per heavy atom. The molecule has 4 nitrogen and oxygen atoms in total. The molecule has 0 saturated carbocycles. The van der Waals surface area contributed by atoms with E-state index in [0.717, 1.165) is 13.1 Å². The molecule has 1 saturated heterocycles. The highest BCUT2D eigenvalue weighted by Crippen LogP contribution is 2.17. The van der Waals surface area contributed by atoms with Gasteiger partial charge in [-0.05, 0) is 32.9 Å². The Labute approximate surface area is 98.5 Å². The van der Waals surface area contributed by atoms with Crippen molar-refractivity contribution in [1.29, 1.82) is 0 Å². The van der Waals surface area contributed by atoms with Crippen molar-refractivity contribution in [3.8, 4) is 0 Å². The molecular weight excluding hydrogens is 204 g/mol. The van der Waals surface area contributed by atoms with Crippen molar-refractivity contribution in [1.82, 2.24) is 9.80 Å². The molecule has 0 spiro atoms. The van der Waals surface area contributed by atoms with Crippen LogP contribution < -0.4 is 0 Å². The molecule has 0 aromatic rings. The zero-order valence-electron chi connectivity index (χ0n) is 10.7. The van der Waals surface area contributed by atoms with Crippen molar-refractivity contribution < 1.29 is 9.53 Å². The minimum Gasteiger partial charge on any atom is -0.372 e. The van der Waals surface area contributed by atoms with Crippen LogP contribution in [0.15, 0.2) is 0 Å². The van der Waals surface area contributed by atoms with Crippen LogP contribution >= 0.6 is 0 Å². The number of ether oxygens (including phenoxy) is 1. The molecule has 1 aliphatic heterocycles. The fourth-order valence-electron chi connectivity index (χ4n) is 2.24. The van der Waals surface area contributed by atoms with Crippen molar-refractivity contribution in [3.63, 3.8) is 0 Å². The van der Waals surface area contributed by atoms with E-state index in [-0.39, 0.29) is 12.5 Å². The predicted molar refractivity (Wildman–Crippen MR) is 64.4 cm³/mol. The van der Waals surface area contributed by atoms with E-state index in [9.17, 15) is 4.79 Å². The van der Waals surface area contributed by atoms with Crippen LogP contribution in [0, 0.1) is 0 Å². The van der Waals surface area contributed by atoms with Crippen molar-refractivity contribution in [2.45, 2.75) is 32.7 Å². The van der Waals surface area contributed by atoms with Gasteiger partial charge in [0, 0.05) is 26.2 Å². The normalized spacial score (nSPS) is 21.3. The molecule has 1 unspecified atom stereocenters. The largest absolute Gasteiger partial charge is 0.372 e. The maximum atomic E-state index is 11.7. The van der Waals surface area contributed by atoms with E-state index in [0.29, 0.717) is 12.6 Å². The fourth-order valence-corrected chi connectivity index (χ4v) is 2.24. The van der Waals surface area contributed by atoms with Crippen LogP contribution in [0.1, 0.15) is 26.7 Å². The number of hydrogen-bond donors (Lipinski definition) is 0. The van der Waals surface area contributed by atoms with Crippen LogP contribution in [0.3, 0.4) is 0 Å². The summed E-state index contributed by atoms with van der Waals surface area (Å²) in [7, 11) is 1.87. The van der Waals surface area contributed by atoms with Crippen molar-refractivity contribution in [2.24, 2.45) is 0 Å². The van der Waals surface area contributed by atoms with E-state index in [4.69, 9.17) is 4.74 Å². The van der Waals surface area contributed by atoms with Gasteiger partial charge in [-0.1, -0.05) is 6.92 Å². The molecule has 0 radical (unpaired) electrons. The molecule has 1 fully saturated rings. The van der Waals surface area contributed by atoms with Gasteiger partial charge in [0.2, 0.25) is 5.91 Å². The molecule has 0 bridgehead atoms. The minimum absolute atomic E-state index is 0.0878. The number of carbonyl (C=O) groups is 1. The third-order valence-electron chi connectivity index (χ3n) is 3.25. The van der Waals surface area contributed by atoms with Crippen LogP contribution in [0.5, 0.6) is 0 Å². The minimum atomic E-state index is 0.0878. The number of hydrogen-bond acceptors (Lipinski definition) is 3. The summed E-state index contributed by atoms with van der Waals surface area (Å²) in [6, 6.07) is 0.542. The van der Waals surface area contributed by atoms with E-state index in [1.165, 1.54) is 19.4 Å². The first kappa shape index (κ1) is 13.5. The number of rotatable bonds is 6. The number of likely N-dealkylation sites (tertiary alicyclic amines) is 1. The van der Waals surface area contributed by atoms with E-state index in [1.54, 1.807) is 4.90 Å². The molecule has 0 aromatic carbocycles. The monoisotopic (exact) mass is 228 g/mol. The Hall–Kier alpha value is -0.610. The van der Waals surface area contributed by atoms with Gasteiger partial charge in [0.15, 0.2) is 0 Å².